The summed E-state index contributed by atoms with van der Waals surface area (Å²) < 4.78 is 31.6. The first-order valence-electron chi connectivity index (χ1n) is 7.98. The van der Waals surface area contributed by atoms with Crippen LogP contribution in [0.3, 0.4) is 0 Å². The first-order chi connectivity index (χ1) is 13.2. The Bertz CT molecular complexity index is 1130. The number of hydrogen-bond donors (Lipinski definition) is 0. The van der Waals surface area contributed by atoms with Gasteiger partial charge in [0.25, 0.3) is 5.69 Å². The van der Waals surface area contributed by atoms with E-state index in [0.717, 1.165) is 10.4 Å². The fraction of sp³-hybridized carbons (Fsp3) is 0.176. The largest absolute Gasteiger partial charge is 0.338 e. The van der Waals surface area contributed by atoms with Crippen LogP contribution in [0.5, 0.6) is 0 Å². The fourth-order valence-corrected chi connectivity index (χ4v) is 3.70. The molecule has 2 aromatic carbocycles. The first-order valence-corrected chi connectivity index (χ1v) is 9.80. The summed E-state index contributed by atoms with van der Waals surface area (Å²) in [6, 6.07) is 10.5. The molecule has 3 aromatic rings. The van der Waals surface area contributed by atoms with Crippen LogP contribution in [0.4, 0.5) is 5.69 Å². The molecule has 0 aliphatic rings. The second-order valence-corrected chi connectivity index (χ2v) is 8.47. The SMILES string of the molecule is Cc1ccc(S(=O)(=O)N(C)Cc2nc(-c3ccc(Cl)cc3)no2)cc1[N+](=O)[O-]. The standard InChI is InChI=1S/C17H15ClN4O5S/c1-11-3-8-14(9-15(11)22(23)24)28(25,26)21(2)10-16-19-17(20-27-16)12-4-6-13(18)7-5-12/h3-9H,10H2,1-2H3. The predicted octanol–water partition coefficient (Wildman–Crippen LogP) is 3.43. The van der Waals surface area contributed by atoms with Gasteiger partial charge in [0.1, 0.15) is 0 Å². The van der Waals surface area contributed by atoms with E-state index in [9.17, 15) is 18.5 Å². The third-order valence-electron chi connectivity index (χ3n) is 4.01. The number of aromatic nitrogens is 2. The van der Waals surface area contributed by atoms with Gasteiger partial charge in [0.2, 0.25) is 21.7 Å². The molecule has 0 saturated carbocycles. The Morgan fingerprint density at radius 3 is 2.54 bits per heavy atom. The van der Waals surface area contributed by atoms with Crippen molar-refractivity contribution in [3.05, 3.63) is 69.1 Å². The van der Waals surface area contributed by atoms with Crippen molar-refractivity contribution in [1.82, 2.24) is 14.4 Å². The summed E-state index contributed by atoms with van der Waals surface area (Å²) >= 11 is 5.84. The molecule has 0 aliphatic carbocycles. The highest BCUT2D eigenvalue weighted by atomic mass is 35.5. The van der Waals surface area contributed by atoms with E-state index in [1.165, 1.54) is 26.1 Å². The minimum absolute atomic E-state index is 0.0811. The van der Waals surface area contributed by atoms with Crippen LogP contribution in [0.25, 0.3) is 11.4 Å². The Kier molecular flexibility index (Phi) is 5.45. The smallest absolute Gasteiger partial charge is 0.273 e. The number of benzene rings is 2. The van der Waals surface area contributed by atoms with Crippen LogP contribution in [-0.2, 0) is 16.6 Å². The van der Waals surface area contributed by atoms with Crippen molar-refractivity contribution in [2.24, 2.45) is 0 Å². The molecule has 0 unspecified atom stereocenters. The highest BCUT2D eigenvalue weighted by Gasteiger charge is 2.26. The summed E-state index contributed by atoms with van der Waals surface area (Å²) in [5.74, 6) is 0.376. The van der Waals surface area contributed by atoms with E-state index in [1.807, 2.05) is 0 Å². The van der Waals surface area contributed by atoms with Crippen LogP contribution in [-0.4, -0.2) is 34.8 Å². The second-order valence-electron chi connectivity index (χ2n) is 5.99. The van der Waals surface area contributed by atoms with Gasteiger partial charge in [0, 0.05) is 29.3 Å². The molecule has 0 bridgehead atoms. The van der Waals surface area contributed by atoms with Crippen molar-refractivity contribution < 1.29 is 17.9 Å². The van der Waals surface area contributed by atoms with E-state index < -0.39 is 14.9 Å². The molecule has 0 atom stereocenters. The zero-order valence-electron chi connectivity index (χ0n) is 14.9. The Labute approximate surface area is 165 Å². The third-order valence-corrected chi connectivity index (χ3v) is 6.07. The number of nitro groups is 1. The molecule has 0 saturated heterocycles. The second kappa shape index (κ2) is 7.66. The molecule has 1 aromatic heterocycles. The number of aryl methyl sites for hydroxylation is 1. The molecule has 0 amide bonds. The molecule has 0 fully saturated rings. The van der Waals surface area contributed by atoms with Crippen LogP contribution in [0.1, 0.15) is 11.5 Å². The quantitative estimate of drug-likeness (QED) is 0.440. The van der Waals surface area contributed by atoms with E-state index in [0.29, 0.717) is 22.0 Å². The van der Waals surface area contributed by atoms with Gasteiger partial charge in [-0.15, -0.1) is 0 Å². The molecule has 146 valence electrons. The molecule has 0 spiro atoms. The number of hydrogen-bond acceptors (Lipinski definition) is 7. The molecule has 9 nitrogen and oxygen atoms in total. The molecular weight excluding hydrogens is 408 g/mol. The molecule has 0 aliphatic heterocycles. The van der Waals surface area contributed by atoms with E-state index in [4.69, 9.17) is 16.1 Å². The van der Waals surface area contributed by atoms with Gasteiger partial charge < -0.3 is 4.52 Å². The average Bonchev–Trinajstić information content (AvgIpc) is 3.10. The summed E-state index contributed by atoms with van der Waals surface area (Å²) in [5.41, 5.74) is 0.771. The van der Waals surface area contributed by atoms with Crippen molar-refractivity contribution >= 4 is 27.3 Å². The summed E-state index contributed by atoms with van der Waals surface area (Å²) in [6.45, 7) is 1.35. The normalized spacial score (nSPS) is 11.7. The van der Waals surface area contributed by atoms with Gasteiger partial charge in [0.05, 0.1) is 16.4 Å². The maximum atomic E-state index is 12.7. The molecule has 0 radical (unpaired) electrons. The van der Waals surface area contributed by atoms with E-state index >= 15 is 0 Å². The Hall–Kier alpha value is -2.82. The first kappa shape index (κ1) is 19.9. The van der Waals surface area contributed by atoms with Crippen molar-refractivity contribution in [3.63, 3.8) is 0 Å². The van der Waals surface area contributed by atoms with Gasteiger partial charge in [-0.3, -0.25) is 10.1 Å². The fourth-order valence-electron chi connectivity index (χ4n) is 2.44. The van der Waals surface area contributed by atoms with E-state index in [2.05, 4.69) is 10.1 Å². The maximum absolute atomic E-state index is 12.7. The third kappa shape index (κ3) is 4.03. The van der Waals surface area contributed by atoms with Gasteiger partial charge >= 0.3 is 0 Å². The topological polar surface area (TPSA) is 119 Å². The summed E-state index contributed by atoms with van der Waals surface area (Å²) in [5, 5.41) is 15.5. The van der Waals surface area contributed by atoms with Crippen molar-refractivity contribution in [1.29, 1.82) is 0 Å². The Morgan fingerprint density at radius 2 is 1.89 bits per heavy atom. The van der Waals surface area contributed by atoms with Crippen LogP contribution in [0, 0.1) is 17.0 Å². The lowest BCUT2D eigenvalue weighted by Crippen LogP contribution is -2.26. The number of halogens is 1. The number of sulfonamides is 1. The Balaban J connectivity index is 1.82. The zero-order chi connectivity index (χ0) is 20.5. The lowest BCUT2D eigenvalue weighted by molar-refractivity contribution is -0.385. The van der Waals surface area contributed by atoms with Crippen molar-refractivity contribution in [2.75, 3.05) is 7.05 Å². The molecule has 28 heavy (non-hydrogen) atoms. The number of nitrogens with zero attached hydrogens (tertiary/aromatic N) is 4. The number of rotatable bonds is 6. The molecular formula is C17H15ClN4O5S. The molecule has 1 heterocycles. The highest BCUT2D eigenvalue weighted by Crippen LogP contribution is 2.25. The number of nitro benzene ring substituents is 1. The van der Waals surface area contributed by atoms with Crippen LogP contribution in [0.2, 0.25) is 5.02 Å². The van der Waals surface area contributed by atoms with Gasteiger partial charge in [-0.25, -0.2) is 8.42 Å². The average molecular weight is 423 g/mol. The van der Waals surface area contributed by atoms with Crippen LogP contribution < -0.4 is 0 Å². The maximum Gasteiger partial charge on any atom is 0.273 e. The van der Waals surface area contributed by atoms with Gasteiger partial charge in [-0.05, 0) is 37.3 Å². The van der Waals surface area contributed by atoms with Gasteiger partial charge in [-0.2, -0.15) is 9.29 Å². The van der Waals surface area contributed by atoms with Crippen LogP contribution in [0.15, 0.2) is 51.9 Å². The summed E-state index contributed by atoms with van der Waals surface area (Å²) in [6.07, 6.45) is 0. The van der Waals surface area contributed by atoms with Gasteiger partial charge in [0.15, 0.2) is 0 Å². The van der Waals surface area contributed by atoms with E-state index in [-0.39, 0.29) is 23.0 Å². The van der Waals surface area contributed by atoms with Crippen molar-refractivity contribution in [2.45, 2.75) is 18.4 Å². The minimum Gasteiger partial charge on any atom is -0.338 e. The molecule has 0 N–H and O–H groups in total. The van der Waals surface area contributed by atoms with E-state index in [1.54, 1.807) is 24.3 Å². The Morgan fingerprint density at radius 1 is 1.21 bits per heavy atom. The zero-order valence-corrected chi connectivity index (χ0v) is 16.4. The lowest BCUT2D eigenvalue weighted by Gasteiger charge is -2.15. The minimum atomic E-state index is -3.99. The molecule has 11 heteroatoms. The highest BCUT2D eigenvalue weighted by molar-refractivity contribution is 7.89. The predicted molar refractivity (Wildman–Crippen MR) is 101 cm³/mol. The summed E-state index contributed by atoms with van der Waals surface area (Å²) in [7, 11) is -2.66. The monoisotopic (exact) mass is 422 g/mol. The lowest BCUT2D eigenvalue weighted by atomic mass is 10.2. The van der Waals surface area contributed by atoms with Crippen LogP contribution >= 0.6 is 11.6 Å². The van der Waals surface area contributed by atoms with Gasteiger partial charge in [-0.1, -0.05) is 22.8 Å². The molecule has 3 rings (SSSR count). The summed E-state index contributed by atoms with van der Waals surface area (Å²) in [4.78, 5) is 14.4. The van der Waals surface area contributed by atoms with Crippen molar-refractivity contribution in [3.8, 4) is 11.4 Å².